The molecule has 5 rings (SSSR count). The molecule has 0 fully saturated rings. The van der Waals surface area contributed by atoms with Gasteiger partial charge in [-0.25, -0.2) is 0 Å². The Morgan fingerprint density at radius 1 is 0.955 bits per heavy atom. The number of benzene rings is 2. The van der Waals surface area contributed by atoms with Crippen molar-refractivity contribution in [3.8, 4) is 16.9 Å². The fourth-order valence-corrected chi connectivity index (χ4v) is 8.47. The van der Waals surface area contributed by atoms with E-state index >= 15 is 0 Å². The molecule has 0 spiro atoms. The molecule has 0 heterocycles. The van der Waals surface area contributed by atoms with Crippen molar-refractivity contribution in [1.29, 1.82) is 0 Å². The number of rotatable bonds is 5. The molecule has 1 unspecified atom stereocenters. The summed E-state index contributed by atoms with van der Waals surface area (Å²) in [7, 11) is 0. The van der Waals surface area contributed by atoms with E-state index in [4.69, 9.17) is 0 Å². The van der Waals surface area contributed by atoms with E-state index in [2.05, 4.69) is 0 Å². The summed E-state index contributed by atoms with van der Waals surface area (Å²) in [6.45, 7) is 13.5. The first-order valence-electron chi connectivity index (χ1n) is 15.0. The molecule has 8 heteroatoms. The van der Waals surface area contributed by atoms with E-state index in [0.717, 1.165) is 12.5 Å². The molecule has 4 atom stereocenters. The number of Topliss-reactive ketones (excluding diaryl/α,β-unsaturated/α-hetero) is 4. The maximum absolute atomic E-state index is 14.6. The molecule has 3 aliphatic carbocycles. The lowest BCUT2D eigenvalue weighted by Gasteiger charge is -2.59. The van der Waals surface area contributed by atoms with Gasteiger partial charge in [0.05, 0.1) is 5.56 Å². The first-order valence-corrected chi connectivity index (χ1v) is 15.0. The molecule has 232 valence electrons. The predicted molar refractivity (Wildman–Crippen MR) is 165 cm³/mol. The van der Waals surface area contributed by atoms with Gasteiger partial charge in [0.2, 0.25) is 5.78 Å². The number of aliphatic hydroxyl groups is 3. The van der Waals surface area contributed by atoms with Gasteiger partial charge < -0.3 is 20.4 Å². The maximum Gasteiger partial charge on any atom is 0.209 e. The van der Waals surface area contributed by atoms with Crippen molar-refractivity contribution < 1.29 is 39.6 Å². The lowest BCUT2D eigenvalue weighted by molar-refractivity contribution is -0.171. The Morgan fingerprint density at radius 2 is 1.59 bits per heavy atom. The fraction of sp³-hybridized carbons (Fsp3) is 0.444. The number of aromatic hydroxyl groups is 1. The van der Waals surface area contributed by atoms with Gasteiger partial charge in [0.15, 0.2) is 23.0 Å². The van der Waals surface area contributed by atoms with Crippen LogP contribution in [0.2, 0.25) is 0 Å². The number of fused-ring (bicyclic) bond motifs is 3. The van der Waals surface area contributed by atoms with Gasteiger partial charge in [-0.3, -0.25) is 19.2 Å². The van der Waals surface area contributed by atoms with Gasteiger partial charge >= 0.3 is 0 Å². The van der Waals surface area contributed by atoms with Crippen LogP contribution in [0.1, 0.15) is 99.6 Å². The zero-order valence-electron chi connectivity index (χ0n) is 26.5. The van der Waals surface area contributed by atoms with Crippen LogP contribution < -0.4 is 0 Å². The highest BCUT2D eigenvalue weighted by Crippen LogP contribution is 2.65. The zero-order chi connectivity index (χ0) is 32.8. The van der Waals surface area contributed by atoms with Crippen molar-refractivity contribution in [2.24, 2.45) is 22.7 Å². The molecule has 0 amide bonds. The minimum atomic E-state index is -2.67. The zero-order valence-corrected chi connectivity index (χ0v) is 26.5. The van der Waals surface area contributed by atoms with Crippen LogP contribution in [-0.2, 0) is 16.0 Å². The minimum absolute atomic E-state index is 0.0282. The van der Waals surface area contributed by atoms with Crippen LogP contribution in [0.5, 0.6) is 5.75 Å². The van der Waals surface area contributed by atoms with Crippen LogP contribution in [-0.4, -0.2) is 49.2 Å². The molecule has 8 nitrogen and oxygen atoms in total. The van der Waals surface area contributed by atoms with E-state index in [0.29, 0.717) is 22.3 Å². The number of carbonyl (C=O) groups is 4. The summed E-state index contributed by atoms with van der Waals surface area (Å²) in [6.07, 6.45) is 0.239. The average Bonchev–Trinajstić information content (AvgIpc) is 2.90. The number of allylic oxidation sites excluding steroid dienone is 2. The van der Waals surface area contributed by atoms with Crippen molar-refractivity contribution in [3.05, 3.63) is 75.3 Å². The Balaban J connectivity index is 1.83. The normalized spacial score (nSPS) is 28.3. The third-order valence-corrected chi connectivity index (χ3v) is 10.2. The van der Waals surface area contributed by atoms with Crippen LogP contribution in [0.15, 0.2) is 53.0 Å². The number of hydrogen-bond acceptors (Lipinski definition) is 8. The molecule has 2 aromatic rings. The Labute approximate surface area is 257 Å². The molecule has 0 aromatic heterocycles. The Bertz CT molecular complexity index is 1740. The number of phenols is 1. The largest absolute Gasteiger partial charge is 0.511 e. The molecular weight excluding hydrogens is 560 g/mol. The van der Waals surface area contributed by atoms with Gasteiger partial charge in [0, 0.05) is 33.4 Å². The standard InChI is InChI=1S/C36H40O8/c1-16(2)22-13-23(21-11-9-10-20(12-21)18(5)37)29(39)26-24(22)14-34(7)15-35(8)27(17(3)4)30(40)25(19(6)38)32(42)36(35,44)33(43)28(34)31(26)41/h9-13,16-17,27,39-40,43-44H,14-15H2,1-8H3/t27?,34-,35-,36+/m1/s1. The van der Waals surface area contributed by atoms with Gasteiger partial charge in [-0.2, -0.15) is 0 Å². The Morgan fingerprint density at radius 3 is 2.14 bits per heavy atom. The van der Waals surface area contributed by atoms with Crippen molar-refractivity contribution in [3.63, 3.8) is 0 Å². The van der Waals surface area contributed by atoms with Crippen LogP contribution in [0.4, 0.5) is 0 Å². The van der Waals surface area contributed by atoms with E-state index in [1.54, 1.807) is 52.0 Å². The van der Waals surface area contributed by atoms with Crippen molar-refractivity contribution in [2.45, 2.75) is 79.8 Å². The number of aliphatic hydroxyl groups excluding tert-OH is 2. The molecule has 3 aliphatic rings. The van der Waals surface area contributed by atoms with Crippen LogP contribution >= 0.6 is 0 Å². The molecule has 0 aliphatic heterocycles. The number of carbonyl (C=O) groups excluding carboxylic acids is 4. The third-order valence-electron chi connectivity index (χ3n) is 10.2. The highest BCUT2D eigenvalue weighted by Gasteiger charge is 2.71. The van der Waals surface area contributed by atoms with Crippen molar-refractivity contribution >= 4 is 23.1 Å². The van der Waals surface area contributed by atoms with E-state index in [9.17, 15) is 39.6 Å². The summed E-state index contributed by atoms with van der Waals surface area (Å²) in [6, 6.07) is 8.57. The molecular formula is C36H40O8. The molecule has 0 saturated heterocycles. The second-order valence-electron chi connectivity index (χ2n) is 14.0. The van der Waals surface area contributed by atoms with Gasteiger partial charge in [-0.1, -0.05) is 59.7 Å². The van der Waals surface area contributed by atoms with E-state index in [-0.39, 0.29) is 47.3 Å². The highest BCUT2D eigenvalue weighted by molar-refractivity contribution is 6.25. The summed E-state index contributed by atoms with van der Waals surface area (Å²) >= 11 is 0. The smallest absolute Gasteiger partial charge is 0.209 e. The first-order chi connectivity index (χ1) is 20.3. The first kappa shape index (κ1) is 31.4. The van der Waals surface area contributed by atoms with Gasteiger partial charge in [-0.15, -0.1) is 0 Å². The quantitative estimate of drug-likeness (QED) is 0.229. The molecule has 2 aromatic carbocycles. The monoisotopic (exact) mass is 600 g/mol. The number of hydrogen-bond donors (Lipinski definition) is 4. The van der Waals surface area contributed by atoms with Crippen LogP contribution in [0.3, 0.4) is 0 Å². The lowest BCUT2D eigenvalue weighted by Crippen LogP contribution is -2.67. The van der Waals surface area contributed by atoms with Crippen LogP contribution in [0, 0.1) is 22.7 Å². The van der Waals surface area contributed by atoms with E-state index in [1.807, 2.05) is 19.9 Å². The lowest BCUT2D eigenvalue weighted by atomic mass is 9.44. The van der Waals surface area contributed by atoms with Gasteiger partial charge in [-0.05, 0) is 67.3 Å². The second kappa shape index (κ2) is 9.99. The van der Waals surface area contributed by atoms with Crippen molar-refractivity contribution in [1.82, 2.24) is 0 Å². The highest BCUT2D eigenvalue weighted by atomic mass is 16.3. The predicted octanol–water partition coefficient (Wildman–Crippen LogP) is 6.34. The van der Waals surface area contributed by atoms with Crippen molar-refractivity contribution in [2.75, 3.05) is 0 Å². The molecule has 4 N–H and O–H groups in total. The number of phenolic OH excluding ortho intramolecular Hbond substituents is 1. The fourth-order valence-electron chi connectivity index (χ4n) is 8.47. The molecule has 44 heavy (non-hydrogen) atoms. The van der Waals surface area contributed by atoms with E-state index < -0.39 is 56.8 Å². The second-order valence-corrected chi connectivity index (χ2v) is 14.0. The Kier molecular flexibility index (Phi) is 7.13. The maximum atomic E-state index is 14.6. The Hall–Kier alpha value is -4.04. The third kappa shape index (κ3) is 3.99. The molecule has 0 radical (unpaired) electrons. The molecule has 0 saturated carbocycles. The van der Waals surface area contributed by atoms with Gasteiger partial charge in [0.1, 0.15) is 22.8 Å². The summed E-state index contributed by atoms with van der Waals surface area (Å²) in [4.78, 5) is 53.2. The summed E-state index contributed by atoms with van der Waals surface area (Å²) in [5.74, 6) is -5.65. The average molecular weight is 601 g/mol. The topological polar surface area (TPSA) is 149 Å². The molecule has 0 bridgehead atoms. The summed E-state index contributed by atoms with van der Waals surface area (Å²) in [5, 5.41) is 47.2. The van der Waals surface area contributed by atoms with E-state index in [1.165, 1.54) is 6.92 Å². The number of ketones is 4. The van der Waals surface area contributed by atoms with Crippen LogP contribution in [0.25, 0.3) is 11.1 Å². The summed E-state index contributed by atoms with van der Waals surface area (Å²) in [5.41, 5.74) is -3.32. The van der Waals surface area contributed by atoms with Gasteiger partial charge in [0.25, 0.3) is 0 Å². The summed E-state index contributed by atoms with van der Waals surface area (Å²) < 4.78 is 0. The minimum Gasteiger partial charge on any atom is -0.511 e. The SMILES string of the molecule is CC(=O)C1=C(O)C(C(C)C)[C@@]2(C)C[C@@]3(C)Cc4c(C(C)C)cc(-c5cccc(C(C)=O)c5)c(O)c4C(=O)C3=C(O)[C@@]2(O)C1=O.